The molecule has 0 unspecified atom stereocenters. The maximum atomic E-state index is 13.4. The topological polar surface area (TPSA) is 58.2 Å². The summed E-state index contributed by atoms with van der Waals surface area (Å²) in [6.45, 7) is 1.85. The van der Waals surface area contributed by atoms with Crippen molar-refractivity contribution in [1.29, 1.82) is 0 Å². The number of halogens is 3. The molecule has 0 aromatic heterocycles. The van der Waals surface area contributed by atoms with Gasteiger partial charge in [-0.2, -0.15) is 13.2 Å². The second-order valence-electron chi connectivity index (χ2n) is 6.34. The van der Waals surface area contributed by atoms with Gasteiger partial charge in [0.15, 0.2) is 0 Å². The third-order valence-electron chi connectivity index (χ3n) is 4.10. The maximum absolute atomic E-state index is 13.4. The fraction of sp³-hybridized carbons (Fsp3) is 0.263. The van der Waals surface area contributed by atoms with E-state index in [0.29, 0.717) is 0 Å². The highest BCUT2D eigenvalue weighted by Gasteiger charge is 2.35. The molecule has 2 N–H and O–H groups in total. The summed E-state index contributed by atoms with van der Waals surface area (Å²) >= 11 is 0. The highest BCUT2D eigenvalue weighted by Crippen LogP contribution is 2.37. The Labute approximate surface area is 148 Å². The molecule has 4 nitrogen and oxygen atoms in total. The van der Waals surface area contributed by atoms with Gasteiger partial charge in [0.2, 0.25) is 5.91 Å². The van der Waals surface area contributed by atoms with Crippen LogP contribution in [0.3, 0.4) is 0 Å². The van der Waals surface area contributed by atoms with E-state index in [1.165, 1.54) is 6.07 Å². The molecule has 136 valence electrons. The first-order valence-electron chi connectivity index (χ1n) is 8.14. The number of nitrogens with one attached hydrogen (secondary N) is 2. The Morgan fingerprint density at radius 2 is 1.65 bits per heavy atom. The zero-order valence-electron chi connectivity index (χ0n) is 14.0. The third-order valence-corrected chi connectivity index (χ3v) is 4.10. The van der Waals surface area contributed by atoms with Crippen LogP contribution in [0.25, 0.3) is 0 Å². The van der Waals surface area contributed by atoms with E-state index in [2.05, 4.69) is 10.6 Å². The van der Waals surface area contributed by atoms with Crippen LogP contribution in [0.5, 0.6) is 0 Å². The number of alkyl halides is 3. The van der Waals surface area contributed by atoms with E-state index >= 15 is 0 Å². The molecule has 1 aliphatic carbocycles. The smallest absolute Gasteiger partial charge is 0.326 e. The van der Waals surface area contributed by atoms with Crippen molar-refractivity contribution in [2.75, 3.05) is 10.6 Å². The van der Waals surface area contributed by atoms with Crippen LogP contribution in [0.15, 0.2) is 42.5 Å². The standard InChI is InChI=1S/C19H17F3N2O2/c1-11-2-4-12(5-3-11)18(26)24-16-9-8-14(10-15(16)19(20,21)22)23-17(25)13-6-7-13/h2-5,8-10,13H,6-7H2,1H3,(H,23,25)(H,24,26). The molecule has 3 rings (SSSR count). The number of hydrogen-bond donors (Lipinski definition) is 2. The zero-order chi connectivity index (χ0) is 18.9. The van der Waals surface area contributed by atoms with Crippen LogP contribution < -0.4 is 10.6 Å². The number of amides is 2. The quantitative estimate of drug-likeness (QED) is 0.834. The number of hydrogen-bond acceptors (Lipinski definition) is 2. The molecular weight excluding hydrogens is 345 g/mol. The number of benzene rings is 2. The number of anilines is 2. The molecule has 1 aliphatic rings. The summed E-state index contributed by atoms with van der Waals surface area (Å²) in [6.07, 6.45) is -3.17. The summed E-state index contributed by atoms with van der Waals surface area (Å²) in [5, 5.41) is 4.78. The normalized spacial score (nSPS) is 14.0. The summed E-state index contributed by atoms with van der Waals surface area (Å²) in [4.78, 5) is 24.0. The van der Waals surface area contributed by atoms with Crippen molar-refractivity contribution >= 4 is 23.2 Å². The lowest BCUT2D eigenvalue weighted by atomic mass is 10.1. The van der Waals surface area contributed by atoms with Crippen LogP contribution in [-0.2, 0) is 11.0 Å². The van der Waals surface area contributed by atoms with Crippen molar-refractivity contribution in [2.24, 2.45) is 5.92 Å². The van der Waals surface area contributed by atoms with Gasteiger partial charge in [-0.25, -0.2) is 0 Å². The molecule has 0 atom stereocenters. The van der Waals surface area contributed by atoms with Crippen LogP contribution in [0.1, 0.15) is 34.3 Å². The van der Waals surface area contributed by atoms with Crippen molar-refractivity contribution < 1.29 is 22.8 Å². The second-order valence-corrected chi connectivity index (χ2v) is 6.34. The van der Waals surface area contributed by atoms with Gasteiger partial charge in [-0.15, -0.1) is 0 Å². The highest BCUT2D eigenvalue weighted by molar-refractivity contribution is 6.05. The second kappa shape index (κ2) is 6.82. The van der Waals surface area contributed by atoms with Crippen LogP contribution in [0, 0.1) is 12.8 Å². The van der Waals surface area contributed by atoms with E-state index in [4.69, 9.17) is 0 Å². The lowest BCUT2D eigenvalue weighted by Gasteiger charge is -2.16. The number of aryl methyl sites for hydroxylation is 1. The first kappa shape index (κ1) is 18.0. The molecule has 2 amide bonds. The van der Waals surface area contributed by atoms with Gasteiger partial charge < -0.3 is 10.6 Å². The van der Waals surface area contributed by atoms with Gasteiger partial charge in [0.1, 0.15) is 0 Å². The summed E-state index contributed by atoms with van der Waals surface area (Å²) in [5.41, 5.74) is -0.107. The molecule has 0 aliphatic heterocycles. The molecule has 7 heteroatoms. The van der Waals surface area contributed by atoms with E-state index in [1.807, 2.05) is 6.92 Å². The molecular formula is C19H17F3N2O2. The van der Waals surface area contributed by atoms with E-state index in [0.717, 1.165) is 30.5 Å². The Hall–Kier alpha value is -2.83. The van der Waals surface area contributed by atoms with Crippen LogP contribution in [-0.4, -0.2) is 11.8 Å². The Balaban J connectivity index is 1.84. The Bertz CT molecular complexity index is 841. The maximum Gasteiger partial charge on any atom is 0.418 e. The fourth-order valence-corrected chi connectivity index (χ4v) is 2.45. The Morgan fingerprint density at radius 3 is 2.23 bits per heavy atom. The molecule has 0 spiro atoms. The molecule has 2 aromatic carbocycles. The molecule has 0 bridgehead atoms. The van der Waals surface area contributed by atoms with Crippen LogP contribution in [0.2, 0.25) is 0 Å². The van der Waals surface area contributed by atoms with Gasteiger partial charge in [-0.3, -0.25) is 9.59 Å². The van der Waals surface area contributed by atoms with Crippen molar-refractivity contribution in [3.8, 4) is 0 Å². The molecule has 1 saturated carbocycles. The van der Waals surface area contributed by atoms with Gasteiger partial charge in [0, 0.05) is 17.2 Å². The first-order valence-corrected chi connectivity index (χ1v) is 8.14. The lowest BCUT2D eigenvalue weighted by Crippen LogP contribution is -2.18. The minimum atomic E-state index is -4.67. The van der Waals surface area contributed by atoms with Gasteiger partial charge in [-0.05, 0) is 50.1 Å². The predicted molar refractivity (Wildman–Crippen MR) is 91.9 cm³/mol. The molecule has 0 heterocycles. The van der Waals surface area contributed by atoms with E-state index in [9.17, 15) is 22.8 Å². The lowest BCUT2D eigenvalue weighted by molar-refractivity contribution is -0.137. The summed E-state index contributed by atoms with van der Waals surface area (Å²) in [5.74, 6) is -1.04. The largest absolute Gasteiger partial charge is 0.418 e. The monoisotopic (exact) mass is 362 g/mol. The van der Waals surface area contributed by atoms with E-state index in [1.54, 1.807) is 24.3 Å². The average molecular weight is 362 g/mol. The average Bonchev–Trinajstić information content (AvgIpc) is 3.41. The van der Waals surface area contributed by atoms with Crippen LogP contribution in [0.4, 0.5) is 24.5 Å². The van der Waals surface area contributed by atoms with Gasteiger partial charge in [0.25, 0.3) is 5.91 Å². The van der Waals surface area contributed by atoms with Gasteiger partial charge in [-0.1, -0.05) is 17.7 Å². The molecule has 2 aromatic rings. The minimum absolute atomic E-state index is 0.0579. The zero-order valence-corrected chi connectivity index (χ0v) is 14.0. The van der Waals surface area contributed by atoms with E-state index in [-0.39, 0.29) is 28.8 Å². The van der Waals surface area contributed by atoms with Crippen LogP contribution >= 0.6 is 0 Å². The third kappa shape index (κ3) is 4.22. The summed E-state index contributed by atoms with van der Waals surface area (Å²) < 4.78 is 40.1. The number of rotatable bonds is 4. The Kier molecular flexibility index (Phi) is 4.71. The Morgan fingerprint density at radius 1 is 1.00 bits per heavy atom. The minimum Gasteiger partial charge on any atom is -0.326 e. The number of carbonyl (C=O) groups excluding carboxylic acids is 2. The number of carbonyl (C=O) groups is 2. The van der Waals surface area contributed by atoms with Gasteiger partial charge >= 0.3 is 6.18 Å². The molecule has 26 heavy (non-hydrogen) atoms. The van der Waals surface area contributed by atoms with Crippen molar-refractivity contribution in [3.63, 3.8) is 0 Å². The SMILES string of the molecule is Cc1ccc(C(=O)Nc2ccc(NC(=O)C3CC3)cc2C(F)(F)F)cc1. The van der Waals surface area contributed by atoms with Crippen molar-refractivity contribution in [1.82, 2.24) is 0 Å². The van der Waals surface area contributed by atoms with Gasteiger partial charge in [0.05, 0.1) is 11.3 Å². The van der Waals surface area contributed by atoms with E-state index < -0.39 is 17.6 Å². The molecule has 0 saturated heterocycles. The van der Waals surface area contributed by atoms with Crippen molar-refractivity contribution in [2.45, 2.75) is 25.9 Å². The molecule has 1 fully saturated rings. The summed E-state index contributed by atoms with van der Waals surface area (Å²) in [7, 11) is 0. The summed E-state index contributed by atoms with van der Waals surface area (Å²) in [6, 6.07) is 9.83. The fourth-order valence-electron chi connectivity index (χ4n) is 2.45. The predicted octanol–water partition coefficient (Wildman–Crippen LogP) is 4.61. The molecule has 0 radical (unpaired) electrons. The first-order chi connectivity index (χ1) is 12.2. The highest BCUT2D eigenvalue weighted by atomic mass is 19.4. The van der Waals surface area contributed by atoms with Crippen molar-refractivity contribution in [3.05, 3.63) is 59.2 Å².